The fraction of sp³-hybridized carbons (Fsp3) is 0.667. The molecule has 2 heterocycles. The third-order valence-corrected chi connectivity index (χ3v) is 4.63. The monoisotopic (exact) mass is 315 g/mol. The molecule has 1 aliphatic heterocycles. The average Bonchev–Trinajstić information content (AvgIpc) is 3.11. The van der Waals surface area contributed by atoms with E-state index in [9.17, 15) is 4.79 Å². The molecule has 20 heavy (non-hydrogen) atoms. The SMILES string of the molecule is O=C(CCCCCl)N(Cc1cccs1)CC1CCCO1. The predicted molar refractivity (Wildman–Crippen MR) is 83.3 cm³/mol. The van der Waals surface area contributed by atoms with Gasteiger partial charge in [0.2, 0.25) is 5.91 Å². The fourth-order valence-corrected chi connectivity index (χ4v) is 3.32. The van der Waals surface area contributed by atoms with Crippen molar-refractivity contribution in [3.63, 3.8) is 0 Å². The highest BCUT2D eigenvalue weighted by Gasteiger charge is 2.22. The van der Waals surface area contributed by atoms with Gasteiger partial charge in [-0.25, -0.2) is 0 Å². The first kappa shape index (κ1) is 15.8. The van der Waals surface area contributed by atoms with Gasteiger partial charge in [-0.2, -0.15) is 0 Å². The quantitative estimate of drug-likeness (QED) is 0.541. The van der Waals surface area contributed by atoms with E-state index < -0.39 is 0 Å². The molecule has 0 saturated carbocycles. The Morgan fingerprint density at radius 3 is 3.05 bits per heavy atom. The number of carbonyl (C=O) groups excluding carboxylic acids is 1. The van der Waals surface area contributed by atoms with Crippen LogP contribution in [0.3, 0.4) is 0 Å². The van der Waals surface area contributed by atoms with Crippen molar-refractivity contribution >= 4 is 28.8 Å². The second kappa shape index (κ2) is 8.65. The fourth-order valence-electron chi connectivity index (χ4n) is 2.41. The van der Waals surface area contributed by atoms with Gasteiger partial charge in [0.1, 0.15) is 0 Å². The van der Waals surface area contributed by atoms with E-state index >= 15 is 0 Å². The minimum Gasteiger partial charge on any atom is -0.376 e. The van der Waals surface area contributed by atoms with Crippen molar-refractivity contribution in [2.45, 2.75) is 44.8 Å². The summed E-state index contributed by atoms with van der Waals surface area (Å²) in [5.74, 6) is 0.850. The van der Waals surface area contributed by atoms with Crippen LogP contribution in [0.4, 0.5) is 0 Å². The molecule has 0 radical (unpaired) electrons. The van der Waals surface area contributed by atoms with Crippen molar-refractivity contribution in [1.82, 2.24) is 4.90 Å². The Morgan fingerprint density at radius 2 is 2.40 bits per heavy atom. The van der Waals surface area contributed by atoms with E-state index in [2.05, 4.69) is 11.4 Å². The predicted octanol–water partition coefficient (Wildman–Crippen LogP) is 3.66. The zero-order valence-corrected chi connectivity index (χ0v) is 13.3. The first-order valence-electron chi connectivity index (χ1n) is 7.27. The van der Waals surface area contributed by atoms with Gasteiger partial charge in [0.25, 0.3) is 0 Å². The van der Waals surface area contributed by atoms with E-state index in [1.807, 2.05) is 11.0 Å². The van der Waals surface area contributed by atoms with Gasteiger partial charge in [-0.05, 0) is 37.1 Å². The zero-order chi connectivity index (χ0) is 14.2. The van der Waals surface area contributed by atoms with Crippen LogP contribution in [0.15, 0.2) is 17.5 Å². The molecule has 0 bridgehead atoms. The highest BCUT2D eigenvalue weighted by molar-refractivity contribution is 7.09. The van der Waals surface area contributed by atoms with E-state index in [-0.39, 0.29) is 12.0 Å². The molecule has 1 atom stereocenters. The van der Waals surface area contributed by atoms with E-state index in [1.54, 1.807) is 11.3 Å². The molecule has 0 spiro atoms. The molecule has 112 valence electrons. The van der Waals surface area contributed by atoms with Gasteiger partial charge < -0.3 is 9.64 Å². The van der Waals surface area contributed by atoms with E-state index in [0.717, 1.165) is 38.8 Å². The van der Waals surface area contributed by atoms with Crippen LogP contribution in [-0.2, 0) is 16.1 Å². The van der Waals surface area contributed by atoms with E-state index in [1.165, 1.54) is 4.88 Å². The number of carbonyl (C=O) groups is 1. The van der Waals surface area contributed by atoms with Crippen molar-refractivity contribution in [3.05, 3.63) is 22.4 Å². The number of amides is 1. The maximum Gasteiger partial charge on any atom is 0.222 e. The lowest BCUT2D eigenvalue weighted by Gasteiger charge is -2.25. The molecule has 1 aliphatic rings. The van der Waals surface area contributed by atoms with Crippen LogP contribution in [0.2, 0.25) is 0 Å². The average molecular weight is 316 g/mol. The lowest BCUT2D eigenvalue weighted by molar-refractivity contribution is -0.133. The lowest BCUT2D eigenvalue weighted by atomic mass is 10.2. The van der Waals surface area contributed by atoms with Crippen LogP contribution < -0.4 is 0 Å². The number of rotatable bonds is 8. The first-order chi connectivity index (χ1) is 9.79. The van der Waals surface area contributed by atoms with Gasteiger partial charge in [-0.15, -0.1) is 22.9 Å². The van der Waals surface area contributed by atoms with E-state index in [0.29, 0.717) is 18.8 Å². The summed E-state index contributed by atoms with van der Waals surface area (Å²) in [6.45, 7) is 2.26. The summed E-state index contributed by atoms with van der Waals surface area (Å²) in [6.07, 6.45) is 4.75. The number of nitrogens with zero attached hydrogens (tertiary/aromatic N) is 1. The maximum atomic E-state index is 12.4. The summed E-state index contributed by atoms with van der Waals surface area (Å²) in [7, 11) is 0. The van der Waals surface area contributed by atoms with Crippen LogP contribution in [0.25, 0.3) is 0 Å². The topological polar surface area (TPSA) is 29.5 Å². The molecule has 1 aromatic rings. The van der Waals surface area contributed by atoms with E-state index in [4.69, 9.17) is 16.3 Å². The number of unbranched alkanes of at least 4 members (excludes halogenated alkanes) is 1. The number of thiophene rings is 1. The zero-order valence-electron chi connectivity index (χ0n) is 11.7. The Morgan fingerprint density at radius 1 is 1.50 bits per heavy atom. The Bertz CT molecular complexity index is 391. The van der Waals surface area contributed by atoms with Crippen molar-refractivity contribution in [2.24, 2.45) is 0 Å². The Kier molecular flexibility index (Phi) is 6.83. The second-order valence-electron chi connectivity index (χ2n) is 5.13. The molecule has 1 amide bonds. The number of halogens is 1. The highest BCUT2D eigenvalue weighted by Crippen LogP contribution is 2.18. The van der Waals surface area contributed by atoms with Crippen molar-refractivity contribution in [3.8, 4) is 0 Å². The molecule has 1 saturated heterocycles. The molecule has 1 aromatic heterocycles. The summed E-state index contributed by atoms with van der Waals surface area (Å²) in [6, 6.07) is 4.11. The third-order valence-electron chi connectivity index (χ3n) is 3.50. The number of ether oxygens (including phenoxy) is 1. The summed E-state index contributed by atoms with van der Waals surface area (Å²) < 4.78 is 5.67. The summed E-state index contributed by atoms with van der Waals surface area (Å²) in [4.78, 5) is 15.5. The standard InChI is InChI=1S/C15H22ClNO2S/c16-8-2-1-7-15(18)17(11-13-5-3-9-19-13)12-14-6-4-10-20-14/h4,6,10,13H,1-3,5,7-9,11-12H2. The summed E-state index contributed by atoms with van der Waals surface area (Å²) in [5.41, 5.74) is 0. The Labute approximate surface area is 129 Å². The number of hydrogen-bond donors (Lipinski definition) is 0. The molecular weight excluding hydrogens is 294 g/mol. The lowest BCUT2D eigenvalue weighted by Crippen LogP contribution is -2.36. The van der Waals surface area contributed by atoms with Crippen LogP contribution in [0, 0.1) is 0 Å². The molecule has 1 unspecified atom stereocenters. The molecule has 0 N–H and O–H groups in total. The van der Waals surface area contributed by atoms with Crippen LogP contribution >= 0.6 is 22.9 Å². The minimum absolute atomic E-state index is 0.215. The molecule has 1 fully saturated rings. The summed E-state index contributed by atoms with van der Waals surface area (Å²) >= 11 is 7.37. The van der Waals surface area contributed by atoms with Crippen molar-refractivity contribution < 1.29 is 9.53 Å². The largest absolute Gasteiger partial charge is 0.376 e. The first-order valence-corrected chi connectivity index (χ1v) is 8.68. The van der Waals surface area contributed by atoms with Gasteiger partial charge in [0.05, 0.1) is 12.6 Å². The Hall–Kier alpha value is -0.580. The number of hydrogen-bond acceptors (Lipinski definition) is 3. The molecule has 5 heteroatoms. The molecular formula is C15H22ClNO2S. The molecule has 2 rings (SSSR count). The van der Waals surface area contributed by atoms with Gasteiger partial charge in [-0.1, -0.05) is 6.07 Å². The smallest absolute Gasteiger partial charge is 0.222 e. The van der Waals surface area contributed by atoms with Crippen molar-refractivity contribution in [1.29, 1.82) is 0 Å². The van der Waals surface area contributed by atoms with Crippen LogP contribution in [0.5, 0.6) is 0 Å². The van der Waals surface area contributed by atoms with Gasteiger partial charge in [-0.3, -0.25) is 4.79 Å². The minimum atomic E-state index is 0.215. The molecule has 3 nitrogen and oxygen atoms in total. The molecule has 0 aromatic carbocycles. The molecule has 0 aliphatic carbocycles. The van der Waals surface area contributed by atoms with Gasteiger partial charge in [0.15, 0.2) is 0 Å². The Balaban J connectivity index is 1.89. The van der Waals surface area contributed by atoms with Crippen molar-refractivity contribution in [2.75, 3.05) is 19.0 Å². The number of alkyl halides is 1. The van der Waals surface area contributed by atoms with Gasteiger partial charge >= 0.3 is 0 Å². The highest BCUT2D eigenvalue weighted by atomic mass is 35.5. The summed E-state index contributed by atoms with van der Waals surface area (Å²) in [5, 5.41) is 2.05. The maximum absolute atomic E-state index is 12.4. The normalized spacial score (nSPS) is 18.4. The van der Waals surface area contributed by atoms with Crippen LogP contribution in [0.1, 0.15) is 37.0 Å². The van der Waals surface area contributed by atoms with Gasteiger partial charge in [0, 0.05) is 30.3 Å². The second-order valence-corrected chi connectivity index (χ2v) is 6.54. The van der Waals surface area contributed by atoms with Crippen LogP contribution in [-0.4, -0.2) is 35.9 Å². The third kappa shape index (κ3) is 5.08.